The highest BCUT2D eigenvalue weighted by Crippen LogP contribution is 2.40. The SMILES string of the molecule is CC[C@H](CC(=O)[C@H](C)NC)C(=O)N1C[C@@H](O)CC1Cc1c(-c2[nH]c3cc(F)ccc3c2C[C@@H]2C[C@H](O)CN2C(=O)[C@H](CC)NC(=O)[C@H](C)CC)[nH]c2cc(F)ccc12. The lowest BCUT2D eigenvalue weighted by Gasteiger charge is -2.30. The van der Waals surface area contributed by atoms with Gasteiger partial charge in [0.05, 0.1) is 29.6 Å². The van der Waals surface area contributed by atoms with Gasteiger partial charge in [0, 0.05) is 65.2 Å². The Morgan fingerprint density at radius 1 is 0.776 bits per heavy atom. The number of benzene rings is 2. The van der Waals surface area contributed by atoms with E-state index in [0.29, 0.717) is 58.9 Å². The summed E-state index contributed by atoms with van der Waals surface area (Å²) in [6.07, 6.45) is 1.07. The number of rotatable bonds is 16. The van der Waals surface area contributed by atoms with Crippen molar-refractivity contribution in [3.63, 3.8) is 0 Å². The zero-order chi connectivity index (χ0) is 42.0. The van der Waals surface area contributed by atoms with Crippen LogP contribution in [0.15, 0.2) is 36.4 Å². The van der Waals surface area contributed by atoms with Gasteiger partial charge in [0.15, 0.2) is 0 Å². The molecular formula is C44H58F2N6O6. The smallest absolute Gasteiger partial charge is 0.245 e. The van der Waals surface area contributed by atoms with Gasteiger partial charge in [0.2, 0.25) is 17.7 Å². The molecule has 2 aliphatic rings. The predicted octanol–water partition coefficient (Wildman–Crippen LogP) is 5.14. The summed E-state index contributed by atoms with van der Waals surface area (Å²) in [5, 5.41) is 29.2. The molecule has 1 unspecified atom stereocenters. The van der Waals surface area contributed by atoms with E-state index >= 15 is 0 Å². The van der Waals surface area contributed by atoms with E-state index in [1.807, 2.05) is 27.7 Å². The molecule has 0 saturated carbocycles. The van der Waals surface area contributed by atoms with Gasteiger partial charge in [-0.1, -0.05) is 27.7 Å². The van der Waals surface area contributed by atoms with Gasteiger partial charge in [-0.2, -0.15) is 0 Å². The number of likely N-dealkylation sites (tertiary alicyclic amines) is 2. The van der Waals surface area contributed by atoms with Crippen molar-refractivity contribution in [2.75, 3.05) is 20.1 Å². The molecule has 4 heterocycles. The molecule has 6 N–H and O–H groups in total. The molecule has 4 aromatic rings. The number of likely N-dealkylation sites (N-methyl/N-ethyl adjacent to an activating group) is 1. The van der Waals surface area contributed by atoms with Crippen LogP contribution < -0.4 is 10.6 Å². The molecule has 2 saturated heterocycles. The van der Waals surface area contributed by atoms with E-state index in [0.717, 1.165) is 11.1 Å². The Hall–Kier alpha value is -4.66. The van der Waals surface area contributed by atoms with Crippen LogP contribution in [0, 0.1) is 23.5 Å². The fourth-order valence-corrected chi connectivity index (χ4v) is 8.75. The maximum atomic E-state index is 14.8. The summed E-state index contributed by atoms with van der Waals surface area (Å²) >= 11 is 0. The summed E-state index contributed by atoms with van der Waals surface area (Å²) < 4.78 is 29.6. The number of ketones is 1. The third-order valence-corrected chi connectivity index (χ3v) is 12.5. The van der Waals surface area contributed by atoms with Crippen LogP contribution in [0.4, 0.5) is 8.78 Å². The molecule has 6 rings (SSSR count). The number of hydrogen-bond donors (Lipinski definition) is 6. The minimum atomic E-state index is -0.796. The van der Waals surface area contributed by atoms with Crippen LogP contribution in [0.3, 0.4) is 0 Å². The van der Waals surface area contributed by atoms with Crippen molar-refractivity contribution in [1.29, 1.82) is 0 Å². The van der Waals surface area contributed by atoms with Crippen molar-refractivity contribution in [3.05, 3.63) is 59.2 Å². The molecule has 314 valence electrons. The van der Waals surface area contributed by atoms with E-state index in [2.05, 4.69) is 20.6 Å². The number of H-pyrrole nitrogens is 2. The van der Waals surface area contributed by atoms with Gasteiger partial charge in [0.1, 0.15) is 23.5 Å². The minimum Gasteiger partial charge on any atom is -0.391 e. The zero-order valence-electron chi connectivity index (χ0n) is 34.3. The number of carbonyl (C=O) groups excluding carboxylic acids is 4. The van der Waals surface area contributed by atoms with Gasteiger partial charge in [-0.25, -0.2) is 8.78 Å². The third kappa shape index (κ3) is 8.84. The molecule has 2 aliphatic heterocycles. The molecule has 8 atom stereocenters. The Bertz CT molecular complexity index is 2000. The summed E-state index contributed by atoms with van der Waals surface area (Å²) in [5.74, 6) is -2.51. The lowest BCUT2D eigenvalue weighted by atomic mass is 9.93. The number of β-amino-alcohol motifs (C(OH)–C–C–N with tert-alkyl or cyclic N) is 2. The quantitative estimate of drug-likeness (QED) is 0.0912. The van der Waals surface area contributed by atoms with E-state index in [1.54, 1.807) is 35.9 Å². The van der Waals surface area contributed by atoms with Crippen molar-refractivity contribution >= 4 is 45.3 Å². The van der Waals surface area contributed by atoms with E-state index in [-0.39, 0.29) is 68.2 Å². The Morgan fingerprint density at radius 3 is 1.72 bits per heavy atom. The lowest BCUT2D eigenvalue weighted by molar-refractivity contribution is -0.139. The molecule has 14 heteroatoms. The van der Waals surface area contributed by atoms with E-state index in [1.165, 1.54) is 24.3 Å². The van der Waals surface area contributed by atoms with E-state index in [9.17, 15) is 38.2 Å². The monoisotopic (exact) mass is 804 g/mol. The first-order valence-electron chi connectivity index (χ1n) is 20.8. The number of amides is 3. The van der Waals surface area contributed by atoms with Crippen molar-refractivity contribution in [3.8, 4) is 11.4 Å². The molecular weight excluding hydrogens is 747 g/mol. The van der Waals surface area contributed by atoms with Crippen LogP contribution in [-0.4, -0.2) is 110 Å². The number of Topliss-reactive ketones (excluding diaryl/α,β-unsaturated/α-hetero) is 1. The molecule has 3 amide bonds. The van der Waals surface area contributed by atoms with Crippen LogP contribution >= 0.6 is 0 Å². The first kappa shape index (κ1) is 42.9. The number of halogens is 2. The Balaban J connectivity index is 1.40. The van der Waals surface area contributed by atoms with Gasteiger partial charge >= 0.3 is 0 Å². The van der Waals surface area contributed by atoms with Crippen LogP contribution in [-0.2, 0) is 32.0 Å². The first-order chi connectivity index (χ1) is 27.7. The van der Waals surface area contributed by atoms with Gasteiger partial charge < -0.3 is 40.6 Å². The van der Waals surface area contributed by atoms with Gasteiger partial charge in [-0.05, 0) is 106 Å². The highest BCUT2D eigenvalue weighted by atomic mass is 19.1. The second-order valence-corrected chi connectivity index (χ2v) is 16.4. The van der Waals surface area contributed by atoms with E-state index in [4.69, 9.17) is 0 Å². The van der Waals surface area contributed by atoms with Crippen molar-refractivity contribution in [2.24, 2.45) is 11.8 Å². The first-order valence-corrected chi connectivity index (χ1v) is 20.8. The fraction of sp³-hybridized carbons (Fsp3) is 0.545. The zero-order valence-corrected chi connectivity index (χ0v) is 34.3. The number of nitrogens with one attached hydrogen (secondary N) is 4. The average Bonchev–Trinajstić information content (AvgIpc) is 3.96. The molecule has 58 heavy (non-hydrogen) atoms. The standard InChI is InChI=1S/C44H58F2N6O6/c1-7-23(4)42(56)50-36(9-3)44(58)52-22-31(54)18-29(52)20-35-33-13-11-27(46)16-38(33)49-41(35)40-34(32-12-10-26(45)15-37(32)48-40)19-28-17-30(53)21-51(28)43(57)25(8-2)14-39(55)24(5)47-6/h10-13,15-16,23-25,28-31,36,47-49,53-54H,7-9,14,17-22H2,1-6H3,(H,50,56)/t23-,24+,25-,28?,29+,30+,31+,36+/m1/s1. The van der Waals surface area contributed by atoms with Gasteiger partial charge in [0.25, 0.3) is 0 Å². The molecule has 2 aromatic carbocycles. The molecule has 12 nitrogen and oxygen atoms in total. The summed E-state index contributed by atoms with van der Waals surface area (Å²) in [6.45, 7) is 9.39. The number of fused-ring (bicyclic) bond motifs is 2. The Labute approximate surface area is 338 Å². The predicted molar refractivity (Wildman–Crippen MR) is 219 cm³/mol. The van der Waals surface area contributed by atoms with Crippen molar-refractivity contribution < 1.29 is 38.2 Å². The van der Waals surface area contributed by atoms with Crippen molar-refractivity contribution in [2.45, 2.75) is 122 Å². The topological polar surface area (TPSA) is 171 Å². The summed E-state index contributed by atoms with van der Waals surface area (Å²) in [4.78, 5) is 64.1. The molecule has 0 spiro atoms. The van der Waals surface area contributed by atoms with Crippen molar-refractivity contribution in [1.82, 2.24) is 30.4 Å². The van der Waals surface area contributed by atoms with Crippen LogP contribution in [0.5, 0.6) is 0 Å². The number of aliphatic hydroxyl groups excluding tert-OH is 2. The molecule has 0 aliphatic carbocycles. The minimum absolute atomic E-state index is 0.0705. The summed E-state index contributed by atoms with van der Waals surface area (Å²) in [6, 6.07) is 6.78. The second kappa shape index (κ2) is 18.1. The Morgan fingerprint density at radius 2 is 1.28 bits per heavy atom. The Kier molecular flexibility index (Phi) is 13.4. The largest absolute Gasteiger partial charge is 0.391 e. The molecule has 2 fully saturated rings. The highest BCUT2D eigenvalue weighted by molar-refractivity contribution is 5.97. The van der Waals surface area contributed by atoms with Crippen LogP contribution in [0.1, 0.15) is 84.3 Å². The van der Waals surface area contributed by atoms with Gasteiger partial charge in [-0.3, -0.25) is 19.2 Å². The summed E-state index contributed by atoms with van der Waals surface area (Å²) in [5.41, 5.74) is 3.70. The lowest BCUT2D eigenvalue weighted by Crippen LogP contribution is -2.51. The maximum absolute atomic E-state index is 14.8. The maximum Gasteiger partial charge on any atom is 0.245 e. The highest BCUT2D eigenvalue weighted by Gasteiger charge is 2.41. The molecule has 0 bridgehead atoms. The third-order valence-electron chi connectivity index (χ3n) is 12.5. The van der Waals surface area contributed by atoms with Gasteiger partial charge in [-0.15, -0.1) is 0 Å². The summed E-state index contributed by atoms with van der Waals surface area (Å²) in [7, 11) is 1.70. The van der Waals surface area contributed by atoms with Crippen LogP contribution in [0.2, 0.25) is 0 Å². The number of carbonyl (C=O) groups is 4. The normalized spacial score (nSPS) is 21.8. The average molecular weight is 805 g/mol. The van der Waals surface area contributed by atoms with E-state index < -0.39 is 53.9 Å². The molecule has 0 radical (unpaired) electrons. The number of hydrogen-bond acceptors (Lipinski definition) is 7. The molecule has 2 aromatic heterocycles. The van der Waals surface area contributed by atoms with Crippen LogP contribution in [0.25, 0.3) is 33.2 Å². The number of nitrogens with zero attached hydrogens (tertiary/aromatic N) is 2. The number of aromatic amines is 2. The number of aromatic nitrogens is 2. The second-order valence-electron chi connectivity index (χ2n) is 16.4. The fourth-order valence-electron chi connectivity index (χ4n) is 8.75. The number of aliphatic hydroxyl groups is 2.